The normalized spacial score (nSPS) is 17.0. The molecule has 1 aliphatic heterocycles. The van der Waals surface area contributed by atoms with Crippen molar-refractivity contribution in [2.45, 2.75) is 25.3 Å². The first-order chi connectivity index (χ1) is 13.2. The van der Waals surface area contributed by atoms with Gasteiger partial charge in [0.25, 0.3) is 5.89 Å². The molecule has 0 unspecified atom stereocenters. The van der Waals surface area contributed by atoms with Crippen LogP contribution in [0.4, 0.5) is 5.82 Å². The Morgan fingerprint density at radius 3 is 2.67 bits per heavy atom. The third kappa shape index (κ3) is 4.17. The zero-order valence-electron chi connectivity index (χ0n) is 15.9. The van der Waals surface area contributed by atoms with Crippen molar-refractivity contribution >= 4 is 5.82 Å². The summed E-state index contributed by atoms with van der Waals surface area (Å²) in [6.45, 7) is 2.06. The van der Waals surface area contributed by atoms with Gasteiger partial charge in [0.2, 0.25) is 0 Å². The SMILES string of the molecule is CN(C)[C@@H]1CCN(c2ccc(-c3nc(CCc4ccccc4)no3)cn2)C1. The van der Waals surface area contributed by atoms with E-state index in [4.69, 9.17) is 4.52 Å². The van der Waals surface area contributed by atoms with Gasteiger partial charge in [-0.2, -0.15) is 4.98 Å². The van der Waals surface area contributed by atoms with Crippen molar-refractivity contribution in [3.05, 3.63) is 60.0 Å². The highest BCUT2D eigenvalue weighted by Gasteiger charge is 2.24. The molecular formula is C21H25N5O. The van der Waals surface area contributed by atoms with E-state index in [0.29, 0.717) is 11.9 Å². The summed E-state index contributed by atoms with van der Waals surface area (Å²) < 4.78 is 5.43. The average Bonchev–Trinajstić information content (AvgIpc) is 3.37. The predicted molar refractivity (Wildman–Crippen MR) is 106 cm³/mol. The number of likely N-dealkylation sites (N-methyl/N-ethyl adjacent to an activating group) is 1. The number of anilines is 1. The maximum atomic E-state index is 5.43. The van der Waals surface area contributed by atoms with Gasteiger partial charge in [-0.05, 0) is 44.6 Å². The van der Waals surface area contributed by atoms with Crippen LogP contribution in [0.2, 0.25) is 0 Å². The van der Waals surface area contributed by atoms with Crippen LogP contribution in [-0.2, 0) is 12.8 Å². The second kappa shape index (κ2) is 7.88. The summed E-state index contributed by atoms with van der Waals surface area (Å²) in [7, 11) is 4.27. The van der Waals surface area contributed by atoms with Gasteiger partial charge < -0.3 is 14.3 Å². The molecule has 3 heterocycles. The quantitative estimate of drug-likeness (QED) is 0.671. The van der Waals surface area contributed by atoms with Crippen molar-refractivity contribution < 1.29 is 4.52 Å². The topological polar surface area (TPSA) is 58.3 Å². The second-order valence-electron chi connectivity index (χ2n) is 7.26. The molecular weight excluding hydrogens is 338 g/mol. The Balaban J connectivity index is 1.39. The number of nitrogens with zero attached hydrogens (tertiary/aromatic N) is 5. The zero-order chi connectivity index (χ0) is 18.6. The Bertz CT molecular complexity index is 860. The molecule has 1 saturated heterocycles. The molecule has 0 spiro atoms. The highest BCUT2D eigenvalue weighted by molar-refractivity contribution is 5.55. The molecule has 1 aliphatic rings. The lowest BCUT2D eigenvalue weighted by Crippen LogP contribution is -2.31. The molecule has 0 N–H and O–H groups in total. The van der Waals surface area contributed by atoms with Crippen molar-refractivity contribution in [3.63, 3.8) is 0 Å². The molecule has 0 bridgehead atoms. The molecule has 0 aliphatic carbocycles. The summed E-state index contributed by atoms with van der Waals surface area (Å²) in [6, 6.07) is 15.0. The van der Waals surface area contributed by atoms with E-state index in [1.807, 2.05) is 36.5 Å². The van der Waals surface area contributed by atoms with Gasteiger partial charge in [-0.3, -0.25) is 0 Å². The molecule has 1 fully saturated rings. The number of pyridine rings is 1. The summed E-state index contributed by atoms with van der Waals surface area (Å²) in [4.78, 5) is 13.7. The molecule has 6 heteroatoms. The largest absolute Gasteiger partial charge is 0.355 e. The fraction of sp³-hybridized carbons (Fsp3) is 0.381. The number of benzene rings is 1. The number of aromatic nitrogens is 3. The van der Waals surface area contributed by atoms with Crippen LogP contribution in [0.1, 0.15) is 17.8 Å². The first-order valence-corrected chi connectivity index (χ1v) is 9.43. The average molecular weight is 363 g/mol. The van der Waals surface area contributed by atoms with Gasteiger partial charge in [0.05, 0.1) is 5.56 Å². The fourth-order valence-corrected chi connectivity index (χ4v) is 3.44. The van der Waals surface area contributed by atoms with E-state index in [1.165, 1.54) is 12.0 Å². The maximum absolute atomic E-state index is 5.43. The van der Waals surface area contributed by atoms with E-state index in [2.05, 4.69) is 51.2 Å². The third-order valence-corrected chi connectivity index (χ3v) is 5.16. The summed E-state index contributed by atoms with van der Waals surface area (Å²) in [5.41, 5.74) is 2.14. The Labute approximate surface area is 159 Å². The molecule has 140 valence electrons. The minimum atomic E-state index is 0.532. The van der Waals surface area contributed by atoms with Crippen molar-refractivity contribution in [3.8, 4) is 11.5 Å². The van der Waals surface area contributed by atoms with E-state index in [9.17, 15) is 0 Å². The number of hydrogen-bond acceptors (Lipinski definition) is 6. The molecule has 4 rings (SSSR count). The molecule has 0 amide bonds. The molecule has 0 saturated carbocycles. The summed E-state index contributed by atoms with van der Waals surface area (Å²) in [5.74, 6) is 2.27. The first-order valence-electron chi connectivity index (χ1n) is 9.43. The van der Waals surface area contributed by atoms with Crippen LogP contribution in [0.15, 0.2) is 53.2 Å². The van der Waals surface area contributed by atoms with Gasteiger partial charge in [-0.1, -0.05) is 35.5 Å². The smallest absolute Gasteiger partial charge is 0.259 e. The van der Waals surface area contributed by atoms with Crippen molar-refractivity contribution in [1.82, 2.24) is 20.0 Å². The molecule has 2 aromatic heterocycles. The number of hydrogen-bond donors (Lipinski definition) is 0. The molecule has 0 radical (unpaired) electrons. The van der Waals surface area contributed by atoms with E-state index >= 15 is 0 Å². The van der Waals surface area contributed by atoms with E-state index in [1.54, 1.807) is 0 Å². The standard InChI is InChI=1S/C21H25N5O/c1-25(2)18-12-13-26(15-18)20-11-9-17(14-22-20)21-23-19(24-27-21)10-8-16-6-4-3-5-7-16/h3-7,9,11,14,18H,8,10,12-13,15H2,1-2H3/t18-/m1/s1. The van der Waals surface area contributed by atoms with Crippen LogP contribution < -0.4 is 4.90 Å². The molecule has 3 aromatic rings. The van der Waals surface area contributed by atoms with Gasteiger partial charge in [-0.25, -0.2) is 4.98 Å². The van der Waals surface area contributed by atoms with Crippen LogP contribution in [0.5, 0.6) is 0 Å². The summed E-state index contributed by atoms with van der Waals surface area (Å²) in [6.07, 6.45) is 4.66. The lowest BCUT2D eigenvalue weighted by molar-refractivity contribution is 0.315. The fourth-order valence-electron chi connectivity index (χ4n) is 3.44. The third-order valence-electron chi connectivity index (χ3n) is 5.16. The molecule has 27 heavy (non-hydrogen) atoms. The van der Waals surface area contributed by atoms with Crippen LogP contribution >= 0.6 is 0 Å². The molecule has 1 atom stereocenters. The number of aryl methyl sites for hydroxylation is 2. The predicted octanol–water partition coefficient (Wildman–Crippen LogP) is 3.06. The van der Waals surface area contributed by atoms with Gasteiger partial charge >= 0.3 is 0 Å². The Morgan fingerprint density at radius 2 is 1.96 bits per heavy atom. The van der Waals surface area contributed by atoms with E-state index in [-0.39, 0.29) is 0 Å². The van der Waals surface area contributed by atoms with Crippen molar-refractivity contribution in [1.29, 1.82) is 0 Å². The maximum Gasteiger partial charge on any atom is 0.259 e. The lowest BCUT2D eigenvalue weighted by Gasteiger charge is -2.21. The monoisotopic (exact) mass is 363 g/mol. The van der Waals surface area contributed by atoms with Gasteiger partial charge in [-0.15, -0.1) is 0 Å². The van der Waals surface area contributed by atoms with Gasteiger partial charge in [0.15, 0.2) is 5.82 Å². The first kappa shape index (κ1) is 17.7. The second-order valence-corrected chi connectivity index (χ2v) is 7.26. The van der Waals surface area contributed by atoms with E-state index < -0.39 is 0 Å². The minimum Gasteiger partial charge on any atom is -0.355 e. The highest BCUT2D eigenvalue weighted by Crippen LogP contribution is 2.23. The van der Waals surface area contributed by atoms with Crippen LogP contribution in [0.25, 0.3) is 11.5 Å². The van der Waals surface area contributed by atoms with Crippen LogP contribution in [-0.4, -0.2) is 53.3 Å². The summed E-state index contributed by atoms with van der Waals surface area (Å²) >= 11 is 0. The Kier molecular flexibility index (Phi) is 5.16. The summed E-state index contributed by atoms with van der Waals surface area (Å²) in [5, 5.41) is 4.11. The van der Waals surface area contributed by atoms with Crippen molar-refractivity contribution in [2.75, 3.05) is 32.1 Å². The Morgan fingerprint density at radius 1 is 1.11 bits per heavy atom. The van der Waals surface area contributed by atoms with Gasteiger partial charge in [0, 0.05) is 31.7 Å². The molecule has 6 nitrogen and oxygen atoms in total. The highest BCUT2D eigenvalue weighted by atomic mass is 16.5. The van der Waals surface area contributed by atoms with E-state index in [0.717, 1.165) is 43.1 Å². The Hall–Kier alpha value is -2.73. The zero-order valence-corrected chi connectivity index (χ0v) is 15.9. The van der Waals surface area contributed by atoms with Crippen molar-refractivity contribution in [2.24, 2.45) is 0 Å². The minimum absolute atomic E-state index is 0.532. The van der Waals surface area contributed by atoms with Crippen LogP contribution in [0.3, 0.4) is 0 Å². The lowest BCUT2D eigenvalue weighted by atomic mass is 10.1. The van der Waals surface area contributed by atoms with Gasteiger partial charge in [0.1, 0.15) is 5.82 Å². The molecule has 1 aromatic carbocycles. The van der Waals surface area contributed by atoms with Crippen LogP contribution in [0, 0.1) is 0 Å². The number of rotatable bonds is 6.